The second kappa shape index (κ2) is 7.62. The lowest BCUT2D eigenvalue weighted by Gasteiger charge is -2.22. The summed E-state index contributed by atoms with van der Waals surface area (Å²) in [7, 11) is 2.01. The van der Waals surface area contributed by atoms with Crippen molar-refractivity contribution in [3.8, 4) is 0 Å². The van der Waals surface area contributed by atoms with E-state index in [1.54, 1.807) is 0 Å². The van der Waals surface area contributed by atoms with Crippen molar-refractivity contribution in [1.29, 1.82) is 0 Å². The molecule has 0 fully saturated rings. The van der Waals surface area contributed by atoms with Crippen LogP contribution in [0.1, 0.15) is 0 Å². The minimum atomic E-state index is 0. The molecule has 0 bridgehead atoms. The van der Waals surface area contributed by atoms with Crippen LogP contribution in [-0.4, -0.2) is 36.5 Å². The van der Waals surface area contributed by atoms with E-state index in [0.29, 0.717) is 13.1 Å². The van der Waals surface area contributed by atoms with Gasteiger partial charge in [0.1, 0.15) is 7.05 Å². The number of halogens is 1. The first-order chi connectivity index (χ1) is 8.76. The van der Waals surface area contributed by atoms with E-state index in [4.69, 9.17) is 10.2 Å². The maximum Gasteiger partial charge on any atom is 0.214 e. The molecule has 0 radical (unpaired) electrons. The van der Waals surface area contributed by atoms with Gasteiger partial charge in [0.25, 0.3) is 0 Å². The van der Waals surface area contributed by atoms with Crippen molar-refractivity contribution in [2.75, 3.05) is 31.2 Å². The van der Waals surface area contributed by atoms with Gasteiger partial charge in [-0.15, -0.1) is 0 Å². The number of pyridine rings is 1. The van der Waals surface area contributed by atoms with Crippen LogP contribution in [0.2, 0.25) is 0 Å². The largest absolute Gasteiger partial charge is 1.00 e. The molecule has 1 aromatic carbocycles. The fraction of sp³-hybridized carbons (Fsp3) is 0.357. The lowest BCUT2D eigenvalue weighted by atomic mass is 10.2. The Labute approximate surface area is 130 Å². The number of aryl methyl sites for hydroxylation is 1. The standard InChI is InChI=1S/C14H19N2O2.HI/c1-15-6-2-3-12-4-5-13(11-14(12)15)16(7-9-17)8-10-18;/h2-6,11,17-18H,7-10H2,1H3;1H/q+1;/p-1. The lowest BCUT2D eigenvalue weighted by Crippen LogP contribution is -3.00. The van der Waals surface area contributed by atoms with Gasteiger partial charge >= 0.3 is 0 Å². The van der Waals surface area contributed by atoms with Gasteiger partial charge in [-0.25, -0.2) is 4.57 Å². The summed E-state index contributed by atoms with van der Waals surface area (Å²) in [5.41, 5.74) is 2.16. The summed E-state index contributed by atoms with van der Waals surface area (Å²) in [6.07, 6.45) is 2.01. The van der Waals surface area contributed by atoms with E-state index >= 15 is 0 Å². The Bertz CT molecular complexity index is 528. The third kappa shape index (κ3) is 3.77. The topological polar surface area (TPSA) is 47.6 Å². The number of anilines is 1. The fourth-order valence-electron chi connectivity index (χ4n) is 2.14. The number of fused-ring (bicyclic) bond motifs is 1. The summed E-state index contributed by atoms with van der Waals surface area (Å²) < 4.78 is 2.06. The molecular weight excluding hydrogens is 355 g/mol. The fourth-order valence-corrected chi connectivity index (χ4v) is 2.14. The molecule has 1 aromatic heterocycles. The van der Waals surface area contributed by atoms with Crippen LogP contribution in [-0.2, 0) is 7.05 Å². The van der Waals surface area contributed by atoms with Crippen molar-refractivity contribution in [3.05, 3.63) is 36.5 Å². The summed E-state index contributed by atoms with van der Waals surface area (Å²) in [4.78, 5) is 1.98. The Balaban J connectivity index is 0.00000180. The van der Waals surface area contributed by atoms with Gasteiger partial charge in [0.05, 0.1) is 13.2 Å². The molecule has 4 nitrogen and oxygen atoms in total. The van der Waals surface area contributed by atoms with Gasteiger partial charge in [0, 0.05) is 36.3 Å². The van der Waals surface area contributed by atoms with E-state index in [2.05, 4.69) is 22.8 Å². The average Bonchev–Trinajstić information content (AvgIpc) is 2.39. The second-order valence-corrected chi connectivity index (χ2v) is 4.30. The van der Waals surface area contributed by atoms with Crippen molar-refractivity contribution in [3.63, 3.8) is 0 Å². The highest BCUT2D eigenvalue weighted by molar-refractivity contribution is 5.79. The number of aromatic nitrogens is 1. The van der Waals surface area contributed by atoms with E-state index < -0.39 is 0 Å². The van der Waals surface area contributed by atoms with Gasteiger partial charge in [-0.2, -0.15) is 0 Å². The molecule has 0 amide bonds. The predicted octanol–water partition coefficient (Wildman–Crippen LogP) is -2.54. The molecule has 0 aliphatic carbocycles. The first-order valence-electron chi connectivity index (χ1n) is 6.11. The highest BCUT2D eigenvalue weighted by Gasteiger charge is 2.10. The normalized spacial score (nSPS) is 10.3. The molecule has 0 spiro atoms. The van der Waals surface area contributed by atoms with Crippen molar-refractivity contribution in [2.45, 2.75) is 0 Å². The first kappa shape index (κ1) is 16.1. The van der Waals surface area contributed by atoms with Gasteiger partial charge in [-0.3, -0.25) is 0 Å². The van der Waals surface area contributed by atoms with E-state index in [-0.39, 0.29) is 37.2 Å². The molecule has 1 heterocycles. The first-order valence-corrected chi connectivity index (χ1v) is 6.11. The molecule has 0 unspecified atom stereocenters. The van der Waals surface area contributed by atoms with Gasteiger partial charge in [-0.1, -0.05) is 0 Å². The summed E-state index contributed by atoms with van der Waals surface area (Å²) in [5.74, 6) is 0. The van der Waals surface area contributed by atoms with Crippen LogP contribution in [0.4, 0.5) is 5.69 Å². The van der Waals surface area contributed by atoms with Crippen LogP contribution in [0.5, 0.6) is 0 Å². The van der Waals surface area contributed by atoms with Crippen LogP contribution < -0.4 is 33.4 Å². The highest BCUT2D eigenvalue weighted by atomic mass is 127. The molecule has 104 valence electrons. The Morgan fingerprint density at radius 1 is 1.11 bits per heavy atom. The number of rotatable bonds is 5. The monoisotopic (exact) mass is 374 g/mol. The van der Waals surface area contributed by atoms with Crippen LogP contribution in [0, 0.1) is 0 Å². The van der Waals surface area contributed by atoms with E-state index in [0.717, 1.165) is 11.2 Å². The Morgan fingerprint density at radius 3 is 2.42 bits per heavy atom. The molecule has 0 aliphatic rings. The van der Waals surface area contributed by atoms with Gasteiger partial charge < -0.3 is 39.1 Å². The maximum atomic E-state index is 9.06. The number of aliphatic hydroxyl groups excluding tert-OH is 2. The Morgan fingerprint density at radius 2 is 1.79 bits per heavy atom. The van der Waals surface area contributed by atoms with Crippen LogP contribution in [0.15, 0.2) is 36.5 Å². The highest BCUT2D eigenvalue weighted by Crippen LogP contribution is 2.19. The summed E-state index contributed by atoms with van der Waals surface area (Å²) in [5, 5.41) is 19.3. The van der Waals surface area contributed by atoms with Crippen LogP contribution >= 0.6 is 0 Å². The van der Waals surface area contributed by atoms with Crippen LogP contribution in [0.25, 0.3) is 10.9 Å². The zero-order chi connectivity index (χ0) is 13.0. The second-order valence-electron chi connectivity index (χ2n) is 4.30. The molecule has 2 aromatic rings. The molecule has 2 N–H and O–H groups in total. The predicted molar refractivity (Wildman–Crippen MR) is 71.5 cm³/mol. The number of hydrogen-bond donors (Lipinski definition) is 2. The SMILES string of the molecule is C[n+]1cccc2ccc(N(CCO)CCO)cc21.[I-]. The third-order valence-corrected chi connectivity index (χ3v) is 3.08. The number of benzene rings is 1. The van der Waals surface area contributed by atoms with E-state index in [1.807, 2.05) is 30.3 Å². The molecule has 19 heavy (non-hydrogen) atoms. The number of hydrogen-bond acceptors (Lipinski definition) is 3. The molecular formula is C14H19IN2O2. The number of aliphatic hydroxyl groups is 2. The zero-order valence-corrected chi connectivity index (χ0v) is 13.1. The van der Waals surface area contributed by atoms with Gasteiger partial charge in [0.15, 0.2) is 6.20 Å². The van der Waals surface area contributed by atoms with E-state index in [9.17, 15) is 0 Å². The molecule has 0 saturated carbocycles. The quantitative estimate of drug-likeness (QED) is 0.448. The minimum Gasteiger partial charge on any atom is -1.00 e. The van der Waals surface area contributed by atoms with E-state index in [1.165, 1.54) is 5.39 Å². The molecule has 0 atom stereocenters. The Kier molecular flexibility index (Phi) is 6.47. The van der Waals surface area contributed by atoms with Crippen molar-refractivity contribution < 1.29 is 38.8 Å². The summed E-state index contributed by atoms with van der Waals surface area (Å²) >= 11 is 0. The molecule has 2 rings (SSSR count). The molecule has 5 heteroatoms. The van der Waals surface area contributed by atoms with Gasteiger partial charge in [0.2, 0.25) is 5.52 Å². The summed E-state index contributed by atoms with van der Waals surface area (Å²) in [6, 6.07) is 10.3. The van der Waals surface area contributed by atoms with Crippen molar-refractivity contribution in [2.24, 2.45) is 7.05 Å². The zero-order valence-electron chi connectivity index (χ0n) is 11.0. The van der Waals surface area contributed by atoms with Crippen molar-refractivity contribution in [1.82, 2.24) is 0 Å². The van der Waals surface area contributed by atoms with Gasteiger partial charge in [-0.05, 0) is 18.2 Å². The summed E-state index contributed by atoms with van der Waals surface area (Å²) in [6.45, 7) is 1.23. The minimum absolute atomic E-state index is 0. The Hall–Kier alpha value is -0.920. The lowest BCUT2D eigenvalue weighted by molar-refractivity contribution is -0.644. The van der Waals surface area contributed by atoms with Crippen LogP contribution in [0.3, 0.4) is 0 Å². The van der Waals surface area contributed by atoms with Crippen molar-refractivity contribution >= 4 is 16.6 Å². The maximum absolute atomic E-state index is 9.06. The average molecular weight is 374 g/mol. The number of nitrogens with zero attached hydrogens (tertiary/aromatic N) is 2. The molecule has 0 aliphatic heterocycles. The molecule has 0 saturated heterocycles. The smallest absolute Gasteiger partial charge is 0.214 e. The third-order valence-electron chi connectivity index (χ3n) is 3.08.